The summed E-state index contributed by atoms with van der Waals surface area (Å²) in [5.41, 5.74) is -1.05. The minimum absolute atomic E-state index is 0.0180. The third-order valence-corrected chi connectivity index (χ3v) is 8.00. The zero-order valence-corrected chi connectivity index (χ0v) is 26.0. The highest BCUT2D eigenvalue weighted by Gasteiger charge is 2.45. The first-order valence-corrected chi connectivity index (χ1v) is 14.9. The lowest BCUT2D eigenvalue weighted by atomic mass is 9.87. The van der Waals surface area contributed by atoms with E-state index < -0.39 is 54.3 Å². The molecular weight excluding hydrogens is 544 g/mol. The van der Waals surface area contributed by atoms with Crippen LogP contribution in [0, 0.1) is 17.8 Å². The highest BCUT2D eigenvalue weighted by Crippen LogP contribution is 2.36. The zero-order valence-electron chi connectivity index (χ0n) is 26.0. The summed E-state index contributed by atoms with van der Waals surface area (Å²) in [6.07, 6.45) is 7.03. The fraction of sp³-hybridized carbons (Fsp3) is 0.719. The molecule has 0 saturated carbocycles. The molecule has 0 amide bonds. The molecule has 0 bridgehead atoms. The third kappa shape index (κ3) is 11.3. The monoisotopic (exact) mass is 594 g/mol. The van der Waals surface area contributed by atoms with Gasteiger partial charge in [0.2, 0.25) is 0 Å². The van der Waals surface area contributed by atoms with Crippen molar-refractivity contribution in [2.45, 2.75) is 123 Å². The van der Waals surface area contributed by atoms with Crippen LogP contribution in [0.25, 0.3) is 0 Å². The number of carbonyl (C=O) groups excluding carboxylic acids is 3. The highest BCUT2D eigenvalue weighted by atomic mass is 16.6. The van der Waals surface area contributed by atoms with Crippen LogP contribution in [0.2, 0.25) is 0 Å². The van der Waals surface area contributed by atoms with Crippen molar-refractivity contribution >= 4 is 17.9 Å². The number of aliphatic hydroxyl groups excluding tert-OH is 2. The molecule has 0 aliphatic carbocycles. The topological polar surface area (TPSA) is 152 Å². The Balaban J connectivity index is 2.21. The van der Waals surface area contributed by atoms with Crippen molar-refractivity contribution in [3.63, 3.8) is 0 Å². The Morgan fingerprint density at radius 2 is 1.88 bits per heavy atom. The van der Waals surface area contributed by atoms with E-state index in [0.717, 1.165) is 12.0 Å². The van der Waals surface area contributed by atoms with Gasteiger partial charge in [-0.1, -0.05) is 52.0 Å². The first kappa shape index (κ1) is 35.7. The summed E-state index contributed by atoms with van der Waals surface area (Å²) in [4.78, 5) is 36.1. The van der Waals surface area contributed by atoms with Crippen LogP contribution >= 0.6 is 0 Å². The Bertz CT molecular complexity index is 1000. The van der Waals surface area contributed by atoms with Crippen molar-refractivity contribution in [3.8, 4) is 0 Å². The fourth-order valence-corrected chi connectivity index (χ4v) is 5.26. The maximum atomic E-state index is 12.7. The number of ether oxygens (including phenoxy) is 4. The molecule has 42 heavy (non-hydrogen) atoms. The van der Waals surface area contributed by atoms with E-state index in [1.807, 2.05) is 39.8 Å². The van der Waals surface area contributed by atoms with Crippen LogP contribution < -0.4 is 0 Å². The van der Waals surface area contributed by atoms with Crippen LogP contribution in [0.1, 0.15) is 80.6 Å². The van der Waals surface area contributed by atoms with Crippen molar-refractivity contribution in [2.24, 2.45) is 17.8 Å². The van der Waals surface area contributed by atoms with Gasteiger partial charge in [0, 0.05) is 25.7 Å². The molecule has 2 rings (SSSR count). The van der Waals surface area contributed by atoms with Crippen LogP contribution in [0.3, 0.4) is 0 Å². The summed E-state index contributed by atoms with van der Waals surface area (Å²) < 4.78 is 22.1. The minimum Gasteiger partial charge on any atom is -0.463 e. The molecule has 10 heteroatoms. The van der Waals surface area contributed by atoms with E-state index in [4.69, 9.17) is 18.9 Å². The minimum atomic E-state index is -1.81. The van der Waals surface area contributed by atoms with E-state index in [1.165, 1.54) is 19.9 Å². The Hall–Kier alpha value is -2.53. The van der Waals surface area contributed by atoms with Crippen molar-refractivity contribution in [1.29, 1.82) is 0 Å². The van der Waals surface area contributed by atoms with Crippen molar-refractivity contribution in [1.82, 2.24) is 0 Å². The molecule has 0 aromatic heterocycles. The second kappa shape index (κ2) is 16.4. The van der Waals surface area contributed by atoms with Gasteiger partial charge in [-0.05, 0) is 50.2 Å². The number of rotatable bonds is 11. The molecule has 2 aliphatic heterocycles. The lowest BCUT2D eigenvalue weighted by Gasteiger charge is -2.34. The lowest BCUT2D eigenvalue weighted by Crippen LogP contribution is -2.49. The summed E-state index contributed by atoms with van der Waals surface area (Å²) in [6.45, 7) is 11.7. The molecular formula is C32H50O10. The molecule has 238 valence electrons. The summed E-state index contributed by atoms with van der Waals surface area (Å²) in [7, 11) is 0. The highest BCUT2D eigenvalue weighted by molar-refractivity contribution is 5.70. The number of aliphatic hydroxyl groups is 3. The van der Waals surface area contributed by atoms with Crippen LogP contribution in [0.15, 0.2) is 36.0 Å². The number of epoxide rings is 1. The molecule has 3 N–H and O–H groups in total. The average Bonchev–Trinajstić information content (AvgIpc) is 3.68. The number of hydrogen-bond acceptors (Lipinski definition) is 10. The van der Waals surface area contributed by atoms with E-state index in [1.54, 1.807) is 6.08 Å². The van der Waals surface area contributed by atoms with E-state index in [0.29, 0.717) is 6.42 Å². The molecule has 2 aliphatic rings. The first-order valence-electron chi connectivity index (χ1n) is 14.9. The largest absolute Gasteiger partial charge is 0.463 e. The second-order valence-electron chi connectivity index (χ2n) is 11.9. The standard InChI is InChI=1S/C32H50O10/c1-8-26(36)22(5)31-27(41-31)16-19(2)10-9-11-20(3)30-21(4)12-13-28(40-24(7)34)32(38,18-39-23(6)33)15-14-25(35)17-29(37)42-30/h9-13,19,21-22,25-28,30-31,35-36,38H,8,14-18H2,1-7H3/b10-9+,13-12-,20-11+. The van der Waals surface area contributed by atoms with Crippen molar-refractivity contribution < 1.29 is 48.7 Å². The molecule has 0 radical (unpaired) electrons. The van der Waals surface area contributed by atoms with Crippen LogP contribution in [0.4, 0.5) is 0 Å². The van der Waals surface area contributed by atoms with Gasteiger partial charge in [-0.15, -0.1) is 0 Å². The first-order chi connectivity index (χ1) is 19.7. The Morgan fingerprint density at radius 3 is 2.50 bits per heavy atom. The molecule has 10 unspecified atom stereocenters. The van der Waals surface area contributed by atoms with Crippen LogP contribution in [-0.2, 0) is 33.3 Å². The number of carbonyl (C=O) groups is 3. The SMILES string of the molecule is CCC(O)C(C)C1OC1CC(C)/C=C/C=C(\C)C1OC(=O)CC(O)CCC(O)(COC(C)=O)C(OC(C)=O)/C=C\C1C. The summed E-state index contributed by atoms with van der Waals surface area (Å²) in [6, 6.07) is 0. The molecule has 10 atom stereocenters. The molecule has 0 aromatic rings. The molecule has 0 aromatic carbocycles. The fourth-order valence-electron chi connectivity index (χ4n) is 5.26. The predicted octanol–water partition coefficient (Wildman–Crippen LogP) is 3.56. The smallest absolute Gasteiger partial charge is 0.309 e. The average molecular weight is 595 g/mol. The predicted molar refractivity (Wildman–Crippen MR) is 156 cm³/mol. The summed E-state index contributed by atoms with van der Waals surface area (Å²) in [5.74, 6) is -1.91. The molecule has 2 heterocycles. The van der Waals surface area contributed by atoms with Crippen molar-refractivity contribution in [2.75, 3.05) is 6.61 Å². The van der Waals surface area contributed by atoms with E-state index in [2.05, 4.69) is 13.0 Å². The van der Waals surface area contributed by atoms with Gasteiger partial charge < -0.3 is 34.3 Å². The van der Waals surface area contributed by atoms with E-state index in [-0.39, 0.29) is 49.4 Å². The van der Waals surface area contributed by atoms with E-state index in [9.17, 15) is 29.7 Å². The number of esters is 3. The number of cyclic esters (lactones) is 1. The molecule has 1 fully saturated rings. The normalized spacial score (nSPS) is 33.9. The molecule has 1 saturated heterocycles. The Morgan fingerprint density at radius 1 is 1.19 bits per heavy atom. The molecule has 0 spiro atoms. The van der Waals surface area contributed by atoms with Gasteiger partial charge in [0.05, 0.1) is 30.8 Å². The van der Waals surface area contributed by atoms with Gasteiger partial charge in [-0.3, -0.25) is 14.4 Å². The summed E-state index contributed by atoms with van der Waals surface area (Å²) in [5, 5.41) is 32.0. The van der Waals surface area contributed by atoms with Gasteiger partial charge in [-0.2, -0.15) is 0 Å². The summed E-state index contributed by atoms with van der Waals surface area (Å²) >= 11 is 0. The van der Waals surface area contributed by atoms with Crippen LogP contribution in [-0.4, -0.2) is 82.1 Å². The second-order valence-corrected chi connectivity index (χ2v) is 11.9. The lowest BCUT2D eigenvalue weighted by molar-refractivity contribution is -0.171. The quantitative estimate of drug-likeness (QED) is 0.106. The van der Waals surface area contributed by atoms with Gasteiger partial charge >= 0.3 is 17.9 Å². The zero-order chi connectivity index (χ0) is 31.6. The Labute approximate surface area is 249 Å². The molecule has 10 nitrogen and oxygen atoms in total. The van der Waals surface area contributed by atoms with Gasteiger partial charge in [-0.25, -0.2) is 0 Å². The third-order valence-electron chi connectivity index (χ3n) is 8.00. The van der Waals surface area contributed by atoms with Crippen molar-refractivity contribution in [3.05, 3.63) is 36.0 Å². The number of allylic oxidation sites excluding steroid dienone is 3. The van der Waals surface area contributed by atoms with Gasteiger partial charge in [0.1, 0.15) is 18.3 Å². The maximum absolute atomic E-state index is 12.7. The maximum Gasteiger partial charge on any atom is 0.309 e. The Kier molecular flexibility index (Phi) is 13.9. The van der Waals surface area contributed by atoms with E-state index >= 15 is 0 Å². The number of hydrogen-bond donors (Lipinski definition) is 3. The van der Waals surface area contributed by atoms with Gasteiger partial charge in [0.25, 0.3) is 0 Å². The van der Waals surface area contributed by atoms with Crippen LogP contribution in [0.5, 0.6) is 0 Å². The van der Waals surface area contributed by atoms with Gasteiger partial charge in [0.15, 0.2) is 6.10 Å².